The number of fused-ring (bicyclic) bond motifs is 1. The van der Waals surface area contributed by atoms with Gasteiger partial charge in [0.2, 0.25) is 0 Å². The van der Waals surface area contributed by atoms with E-state index in [1.54, 1.807) is 6.07 Å². The minimum Gasteiger partial charge on any atom is -0.478 e. The highest BCUT2D eigenvalue weighted by Gasteiger charge is 2.15. The number of nitrogens with one attached hydrogen (secondary N) is 2. The van der Waals surface area contributed by atoms with Crippen LogP contribution in [0.4, 0.5) is 0 Å². The van der Waals surface area contributed by atoms with Gasteiger partial charge in [-0.05, 0) is 48.6 Å². The van der Waals surface area contributed by atoms with E-state index in [2.05, 4.69) is 35.2 Å². The summed E-state index contributed by atoms with van der Waals surface area (Å²) < 4.78 is 0. The summed E-state index contributed by atoms with van der Waals surface area (Å²) in [6.45, 7) is 9.70. The van der Waals surface area contributed by atoms with Crippen LogP contribution in [0.1, 0.15) is 47.7 Å². The SMILES string of the molecule is CC(C)c1cc(C(=O)O)cc2c(CCCN3CCNCC3)c[nH]c12. The first kappa shape index (κ1) is 17.0. The molecular weight excluding hydrogens is 302 g/mol. The van der Waals surface area contributed by atoms with Gasteiger partial charge in [0.25, 0.3) is 0 Å². The molecule has 0 saturated carbocycles. The lowest BCUT2D eigenvalue weighted by molar-refractivity contribution is 0.0697. The molecule has 1 aliphatic heterocycles. The average molecular weight is 329 g/mol. The molecule has 5 heteroatoms. The second-order valence-electron chi connectivity index (χ2n) is 6.96. The van der Waals surface area contributed by atoms with Crippen molar-refractivity contribution >= 4 is 16.9 Å². The van der Waals surface area contributed by atoms with Gasteiger partial charge in [-0.25, -0.2) is 4.79 Å². The lowest BCUT2D eigenvalue weighted by Crippen LogP contribution is -2.43. The number of aromatic nitrogens is 1. The van der Waals surface area contributed by atoms with Crippen LogP contribution >= 0.6 is 0 Å². The van der Waals surface area contributed by atoms with Crippen molar-refractivity contribution in [2.75, 3.05) is 32.7 Å². The summed E-state index contributed by atoms with van der Waals surface area (Å²) in [6, 6.07) is 3.62. The van der Waals surface area contributed by atoms with E-state index in [1.165, 1.54) is 5.56 Å². The summed E-state index contributed by atoms with van der Waals surface area (Å²) in [5, 5.41) is 13.8. The number of carboxylic acids is 1. The Bertz CT molecular complexity index is 715. The first-order valence-electron chi connectivity index (χ1n) is 8.86. The summed E-state index contributed by atoms with van der Waals surface area (Å²) in [4.78, 5) is 17.3. The fraction of sp³-hybridized carbons (Fsp3) is 0.526. The van der Waals surface area contributed by atoms with E-state index in [0.717, 1.165) is 62.0 Å². The number of nitrogens with zero attached hydrogens (tertiary/aromatic N) is 1. The van der Waals surface area contributed by atoms with Crippen molar-refractivity contribution in [3.8, 4) is 0 Å². The van der Waals surface area contributed by atoms with E-state index in [9.17, 15) is 9.90 Å². The number of piperazine rings is 1. The fourth-order valence-electron chi connectivity index (χ4n) is 3.53. The molecule has 0 bridgehead atoms. The van der Waals surface area contributed by atoms with Crippen molar-refractivity contribution in [3.05, 3.63) is 35.0 Å². The minimum absolute atomic E-state index is 0.291. The molecule has 1 aliphatic rings. The predicted molar refractivity (Wildman–Crippen MR) is 97.0 cm³/mol. The molecule has 3 rings (SSSR count). The van der Waals surface area contributed by atoms with Gasteiger partial charge in [-0.2, -0.15) is 0 Å². The highest BCUT2D eigenvalue weighted by molar-refractivity contribution is 5.96. The van der Waals surface area contributed by atoms with E-state index in [0.29, 0.717) is 11.5 Å². The van der Waals surface area contributed by atoms with E-state index >= 15 is 0 Å². The molecule has 1 fully saturated rings. The van der Waals surface area contributed by atoms with Crippen LogP contribution in [0.15, 0.2) is 18.3 Å². The molecular formula is C19H27N3O2. The van der Waals surface area contributed by atoms with Crippen LogP contribution in [0.3, 0.4) is 0 Å². The number of aromatic carboxylic acids is 1. The Morgan fingerprint density at radius 3 is 2.71 bits per heavy atom. The van der Waals surface area contributed by atoms with Gasteiger partial charge >= 0.3 is 5.97 Å². The lowest BCUT2D eigenvalue weighted by atomic mass is 9.96. The van der Waals surface area contributed by atoms with Crippen LogP contribution in [0.25, 0.3) is 10.9 Å². The van der Waals surface area contributed by atoms with Gasteiger partial charge in [-0.3, -0.25) is 0 Å². The summed E-state index contributed by atoms with van der Waals surface area (Å²) >= 11 is 0. The number of rotatable bonds is 6. The standard InChI is InChI=1S/C19H27N3O2/c1-13(2)16-10-15(19(23)24)11-17-14(12-21-18(16)17)4-3-7-22-8-5-20-6-9-22/h10-13,20-21H,3-9H2,1-2H3,(H,23,24). The Labute approximate surface area is 143 Å². The number of H-pyrrole nitrogens is 1. The summed E-state index contributed by atoms with van der Waals surface area (Å²) in [5.41, 5.74) is 3.78. The third-order valence-electron chi connectivity index (χ3n) is 4.90. The molecule has 1 saturated heterocycles. The first-order valence-corrected chi connectivity index (χ1v) is 8.86. The average Bonchev–Trinajstić information content (AvgIpc) is 2.98. The maximum absolute atomic E-state index is 11.5. The van der Waals surface area contributed by atoms with Crippen molar-refractivity contribution in [2.24, 2.45) is 0 Å². The fourth-order valence-corrected chi connectivity index (χ4v) is 3.53. The molecule has 3 N–H and O–H groups in total. The number of hydrogen-bond donors (Lipinski definition) is 3. The molecule has 0 aliphatic carbocycles. The molecule has 5 nitrogen and oxygen atoms in total. The Morgan fingerprint density at radius 2 is 2.04 bits per heavy atom. The Morgan fingerprint density at radius 1 is 1.29 bits per heavy atom. The Balaban J connectivity index is 1.79. The normalized spacial score (nSPS) is 16.1. The molecule has 0 radical (unpaired) electrons. The quantitative estimate of drug-likeness (QED) is 0.762. The van der Waals surface area contributed by atoms with Gasteiger partial charge in [0.05, 0.1) is 5.56 Å². The summed E-state index contributed by atoms with van der Waals surface area (Å²) in [5.74, 6) is -0.564. The molecule has 1 aromatic heterocycles. The largest absolute Gasteiger partial charge is 0.478 e. The number of benzene rings is 1. The van der Waals surface area contributed by atoms with E-state index in [4.69, 9.17) is 0 Å². The highest BCUT2D eigenvalue weighted by atomic mass is 16.4. The van der Waals surface area contributed by atoms with Crippen LogP contribution in [0.5, 0.6) is 0 Å². The number of aromatic amines is 1. The van der Waals surface area contributed by atoms with Gasteiger partial charge < -0.3 is 20.3 Å². The van der Waals surface area contributed by atoms with Crippen LogP contribution in [0.2, 0.25) is 0 Å². The zero-order valence-corrected chi connectivity index (χ0v) is 14.6. The second-order valence-corrected chi connectivity index (χ2v) is 6.96. The molecule has 0 amide bonds. The van der Waals surface area contributed by atoms with Crippen LogP contribution in [-0.2, 0) is 6.42 Å². The summed E-state index contributed by atoms with van der Waals surface area (Å²) in [7, 11) is 0. The highest BCUT2D eigenvalue weighted by Crippen LogP contribution is 2.29. The van der Waals surface area contributed by atoms with E-state index < -0.39 is 5.97 Å². The third-order valence-corrected chi connectivity index (χ3v) is 4.90. The van der Waals surface area contributed by atoms with Crippen molar-refractivity contribution in [1.82, 2.24) is 15.2 Å². The maximum Gasteiger partial charge on any atom is 0.335 e. The number of carbonyl (C=O) groups is 1. The third kappa shape index (κ3) is 3.62. The lowest BCUT2D eigenvalue weighted by Gasteiger charge is -2.27. The van der Waals surface area contributed by atoms with Crippen LogP contribution in [-0.4, -0.2) is 53.7 Å². The molecule has 2 heterocycles. The van der Waals surface area contributed by atoms with Gasteiger partial charge in [0.1, 0.15) is 0 Å². The molecule has 0 unspecified atom stereocenters. The number of carboxylic acid groups (broad SMARTS) is 1. The van der Waals surface area contributed by atoms with Crippen molar-refractivity contribution in [2.45, 2.75) is 32.6 Å². The Hall–Kier alpha value is -1.85. The molecule has 1 aromatic carbocycles. The van der Waals surface area contributed by atoms with Crippen molar-refractivity contribution in [1.29, 1.82) is 0 Å². The molecule has 2 aromatic rings. The van der Waals surface area contributed by atoms with E-state index in [-0.39, 0.29) is 0 Å². The minimum atomic E-state index is -0.855. The van der Waals surface area contributed by atoms with Crippen LogP contribution in [0, 0.1) is 0 Å². The van der Waals surface area contributed by atoms with Crippen LogP contribution < -0.4 is 5.32 Å². The summed E-state index contributed by atoms with van der Waals surface area (Å²) in [6.07, 6.45) is 4.13. The maximum atomic E-state index is 11.5. The molecule has 24 heavy (non-hydrogen) atoms. The van der Waals surface area contributed by atoms with Gasteiger partial charge in [-0.15, -0.1) is 0 Å². The van der Waals surface area contributed by atoms with Gasteiger partial charge in [-0.1, -0.05) is 13.8 Å². The Kier molecular flexibility index (Phi) is 5.21. The van der Waals surface area contributed by atoms with E-state index in [1.807, 2.05) is 6.07 Å². The molecule has 0 atom stereocenters. The predicted octanol–water partition coefficient (Wildman–Crippen LogP) is 2.83. The van der Waals surface area contributed by atoms with Crippen molar-refractivity contribution in [3.63, 3.8) is 0 Å². The zero-order chi connectivity index (χ0) is 17.1. The topological polar surface area (TPSA) is 68.4 Å². The molecule has 130 valence electrons. The zero-order valence-electron chi connectivity index (χ0n) is 14.6. The second kappa shape index (κ2) is 7.36. The molecule has 0 spiro atoms. The monoisotopic (exact) mass is 329 g/mol. The smallest absolute Gasteiger partial charge is 0.335 e. The van der Waals surface area contributed by atoms with Crippen molar-refractivity contribution < 1.29 is 9.90 Å². The van der Waals surface area contributed by atoms with Gasteiger partial charge in [0, 0.05) is 43.3 Å². The first-order chi connectivity index (χ1) is 11.6. The number of aryl methyl sites for hydroxylation is 1. The number of hydrogen-bond acceptors (Lipinski definition) is 3. The van der Waals surface area contributed by atoms with Gasteiger partial charge in [0.15, 0.2) is 0 Å².